The largest absolute Gasteiger partial charge is 0.481 e. The molecule has 1 aliphatic heterocycles. The van der Waals surface area contributed by atoms with E-state index in [4.69, 9.17) is 10.00 Å². The summed E-state index contributed by atoms with van der Waals surface area (Å²) in [5, 5.41) is 17.9. The lowest BCUT2D eigenvalue weighted by atomic mass is 9.86. The summed E-state index contributed by atoms with van der Waals surface area (Å²) in [5.41, 5.74) is -0.965. The lowest BCUT2D eigenvalue weighted by molar-refractivity contribution is -0.148. The van der Waals surface area contributed by atoms with Crippen LogP contribution in [0.25, 0.3) is 0 Å². The lowest BCUT2D eigenvalue weighted by Crippen LogP contribution is -2.49. The number of rotatable bonds is 4. The number of carboxylic acids is 1. The van der Waals surface area contributed by atoms with Crippen LogP contribution in [-0.2, 0) is 19.6 Å². The number of benzene rings is 1. The molecule has 1 aromatic rings. The topological polar surface area (TPSA) is 116 Å². The first kappa shape index (κ1) is 15.4. The molecule has 1 aromatic carbocycles. The summed E-state index contributed by atoms with van der Waals surface area (Å²) in [4.78, 5) is 11.3. The average molecular weight is 310 g/mol. The normalized spacial score (nSPS) is 25.4. The van der Waals surface area contributed by atoms with Crippen molar-refractivity contribution in [2.24, 2.45) is 5.41 Å². The summed E-state index contributed by atoms with van der Waals surface area (Å²) >= 11 is 0. The van der Waals surface area contributed by atoms with Crippen molar-refractivity contribution >= 4 is 16.0 Å². The minimum atomic E-state index is -3.88. The van der Waals surface area contributed by atoms with Crippen LogP contribution in [0.1, 0.15) is 12.5 Å². The first-order valence-electron chi connectivity index (χ1n) is 6.13. The molecule has 0 radical (unpaired) electrons. The van der Waals surface area contributed by atoms with E-state index < -0.39 is 27.4 Å². The molecule has 1 saturated heterocycles. The molecule has 1 fully saturated rings. The van der Waals surface area contributed by atoms with Crippen LogP contribution in [0.15, 0.2) is 29.2 Å². The quantitative estimate of drug-likeness (QED) is 0.827. The Balaban J connectivity index is 2.25. The Labute approximate surface area is 122 Å². The van der Waals surface area contributed by atoms with Gasteiger partial charge in [-0.15, -0.1) is 0 Å². The Bertz CT molecular complexity index is 692. The number of sulfonamides is 1. The van der Waals surface area contributed by atoms with Gasteiger partial charge in [-0.1, -0.05) is 0 Å². The van der Waals surface area contributed by atoms with E-state index >= 15 is 0 Å². The van der Waals surface area contributed by atoms with Gasteiger partial charge in [-0.2, -0.15) is 5.26 Å². The minimum absolute atomic E-state index is 0.00168. The molecule has 112 valence electrons. The third-order valence-electron chi connectivity index (χ3n) is 3.54. The molecule has 21 heavy (non-hydrogen) atoms. The third-order valence-corrected chi connectivity index (χ3v) is 5.02. The van der Waals surface area contributed by atoms with Gasteiger partial charge in [-0.25, -0.2) is 13.1 Å². The van der Waals surface area contributed by atoms with Crippen LogP contribution in [0.2, 0.25) is 0 Å². The van der Waals surface area contributed by atoms with Gasteiger partial charge in [0.25, 0.3) is 0 Å². The maximum absolute atomic E-state index is 12.3. The summed E-state index contributed by atoms with van der Waals surface area (Å²) in [7, 11) is -3.88. The van der Waals surface area contributed by atoms with E-state index in [0.717, 1.165) is 0 Å². The minimum Gasteiger partial charge on any atom is -0.481 e. The summed E-state index contributed by atoms with van der Waals surface area (Å²) < 4.78 is 32.0. The van der Waals surface area contributed by atoms with Gasteiger partial charge in [-0.3, -0.25) is 4.79 Å². The maximum atomic E-state index is 12.3. The van der Waals surface area contributed by atoms with Crippen LogP contribution < -0.4 is 4.72 Å². The molecule has 0 aromatic heterocycles. The van der Waals surface area contributed by atoms with E-state index in [-0.39, 0.29) is 18.1 Å². The second kappa shape index (κ2) is 5.44. The second-order valence-corrected chi connectivity index (χ2v) is 6.76. The second-order valence-electron chi connectivity index (χ2n) is 5.05. The van der Waals surface area contributed by atoms with Gasteiger partial charge in [-0.05, 0) is 31.2 Å². The van der Waals surface area contributed by atoms with Crippen molar-refractivity contribution in [1.82, 2.24) is 4.72 Å². The predicted molar refractivity (Wildman–Crippen MR) is 71.8 cm³/mol. The molecule has 1 aliphatic rings. The zero-order valence-electron chi connectivity index (χ0n) is 11.2. The Morgan fingerprint density at radius 2 is 2.10 bits per heavy atom. The molecule has 2 atom stereocenters. The zero-order valence-corrected chi connectivity index (χ0v) is 12.1. The van der Waals surface area contributed by atoms with Crippen LogP contribution in [0.5, 0.6) is 0 Å². The van der Waals surface area contributed by atoms with Crippen molar-refractivity contribution in [3.05, 3.63) is 29.8 Å². The molecule has 0 spiro atoms. The molecule has 2 N–H and O–H groups in total. The molecule has 0 saturated carbocycles. The van der Waals surface area contributed by atoms with Gasteiger partial charge in [0.2, 0.25) is 10.0 Å². The average Bonchev–Trinajstić information content (AvgIpc) is 2.81. The van der Waals surface area contributed by atoms with Crippen LogP contribution in [0, 0.1) is 16.7 Å². The Morgan fingerprint density at radius 3 is 2.62 bits per heavy atom. The summed E-state index contributed by atoms with van der Waals surface area (Å²) in [6, 6.07) is 6.41. The molecule has 0 bridgehead atoms. The number of hydrogen-bond acceptors (Lipinski definition) is 5. The van der Waals surface area contributed by atoms with E-state index in [1.807, 2.05) is 6.07 Å². The monoisotopic (exact) mass is 310 g/mol. The summed E-state index contributed by atoms with van der Waals surface area (Å²) in [6.07, 6.45) is 0. The molecular weight excluding hydrogens is 296 g/mol. The number of ether oxygens (including phenoxy) is 1. The predicted octanol–water partition coefficient (Wildman–Crippen LogP) is 0.326. The van der Waals surface area contributed by atoms with Crippen LogP contribution in [0.3, 0.4) is 0 Å². The molecule has 1 heterocycles. The maximum Gasteiger partial charge on any atom is 0.313 e. The number of carbonyl (C=O) groups is 1. The molecule has 0 amide bonds. The third kappa shape index (κ3) is 2.90. The van der Waals surface area contributed by atoms with E-state index in [2.05, 4.69) is 4.72 Å². The summed E-state index contributed by atoms with van der Waals surface area (Å²) in [6.45, 7) is 1.38. The van der Waals surface area contributed by atoms with Gasteiger partial charge in [0.1, 0.15) is 5.41 Å². The number of nitrogens with zero attached hydrogens (tertiary/aromatic N) is 1. The fourth-order valence-electron chi connectivity index (χ4n) is 2.01. The van der Waals surface area contributed by atoms with Crippen molar-refractivity contribution in [3.63, 3.8) is 0 Å². The molecule has 2 rings (SSSR count). The van der Waals surface area contributed by atoms with Crippen LogP contribution in [-0.4, -0.2) is 38.7 Å². The Hall–Kier alpha value is -1.95. The summed E-state index contributed by atoms with van der Waals surface area (Å²) in [5.74, 6) is -1.12. The lowest BCUT2D eigenvalue weighted by Gasteiger charge is -2.25. The van der Waals surface area contributed by atoms with Crippen molar-refractivity contribution in [2.45, 2.75) is 17.9 Å². The number of aliphatic carboxylic acids is 1. The number of carboxylic acid groups (broad SMARTS) is 1. The fourth-order valence-corrected chi connectivity index (χ4v) is 3.35. The number of nitrogens with one attached hydrogen (secondary N) is 1. The zero-order chi connectivity index (χ0) is 15.7. The number of nitriles is 1. The van der Waals surface area contributed by atoms with E-state index in [1.165, 1.54) is 31.2 Å². The van der Waals surface area contributed by atoms with E-state index in [9.17, 15) is 18.3 Å². The SMILES string of the molecule is CC1(C(=O)O)COCC1NS(=O)(=O)c1ccc(C#N)cc1. The van der Waals surface area contributed by atoms with Crippen molar-refractivity contribution in [1.29, 1.82) is 5.26 Å². The van der Waals surface area contributed by atoms with Crippen molar-refractivity contribution in [2.75, 3.05) is 13.2 Å². The highest BCUT2D eigenvalue weighted by Gasteiger charge is 2.48. The highest BCUT2D eigenvalue weighted by molar-refractivity contribution is 7.89. The molecular formula is C13H14N2O5S. The molecule has 7 nitrogen and oxygen atoms in total. The fraction of sp³-hybridized carbons (Fsp3) is 0.385. The Morgan fingerprint density at radius 1 is 1.48 bits per heavy atom. The van der Waals surface area contributed by atoms with E-state index in [1.54, 1.807) is 0 Å². The van der Waals surface area contributed by atoms with Gasteiger partial charge in [0.05, 0.1) is 35.8 Å². The van der Waals surface area contributed by atoms with Crippen LogP contribution >= 0.6 is 0 Å². The van der Waals surface area contributed by atoms with Crippen molar-refractivity contribution < 1.29 is 23.1 Å². The molecule has 8 heteroatoms. The van der Waals surface area contributed by atoms with Crippen molar-refractivity contribution in [3.8, 4) is 6.07 Å². The molecule has 2 unspecified atom stereocenters. The van der Waals surface area contributed by atoms with Gasteiger partial charge in [0.15, 0.2) is 0 Å². The standard InChI is InChI=1S/C13H14N2O5S/c1-13(12(16)17)8-20-7-11(13)15-21(18,19)10-4-2-9(6-14)3-5-10/h2-5,11,15H,7-8H2,1H3,(H,16,17). The molecule has 0 aliphatic carbocycles. The van der Waals surface area contributed by atoms with Gasteiger partial charge >= 0.3 is 5.97 Å². The first-order valence-corrected chi connectivity index (χ1v) is 7.61. The smallest absolute Gasteiger partial charge is 0.313 e. The Kier molecular flexibility index (Phi) is 4.00. The highest BCUT2D eigenvalue weighted by atomic mass is 32.2. The highest BCUT2D eigenvalue weighted by Crippen LogP contribution is 2.29. The first-order chi connectivity index (χ1) is 9.79. The van der Waals surface area contributed by atoms with Gasteiger partial charge in [0, 0.05) is 0 Å². The van der Waals surface area contributed by atoms with Gasteiger partial charge < -0.3 is 9.84 Å². The van der Waals surface area contributed by atoms with Crippen LogP contribution in [0.4, 0.5) is 0 Å². The number of hydrogen-bond donors (Lipinski definition) is 2. The van der Waals surface area contributed by atoms with E-state index in [0.29, 0.717) is 5.56 Å².